The molecule has 0 bridgehead atoms. The van der Waals surface area contributed by atoms with E-state index in [1.165, 1.54) is 43.4 Å². The topological polar surface area (TPSA) is 51.2 Å². The molecule has 10 heteroatoms. The van der Waals surface area contributed by atoms with Gasteiger partial charge in [-0.25, -0.2) is 0 Å². The monoisotopic (exact) mass is 690 g/mol. The van der Waals surface area contributed by atoms with Gasteiger partial charge in [0.25, 0.3) is 0 Å². The van der Waals surface area contributed by atoms with Crippen LogP contribution in [0.4, 0.5) is 0 Å². The fraction of sp³-hybridized carbons (Fsp3) is 0.567. The Morgan fingerprint density at radius 3 is 1.62 bits per heavy atom. The predicted molar refractivity (Wildman–Crippen MR) is 171 cm³/mol. The zero-order valence-electron chi connectivity index (χ0n) is 24.4. The van der Waals surface area contributed by atoms with E-state index >= 15 is 0 Å². The van der Waals surface area contributed by atoms with Gasteiger partial charge in [-0.1, -0.05) is 56.1 Å². The van der Waals surface area contributed by atoms with Crippen molar-refractivity contribution >= 4 is 55.1 Å². The third kappa shape index (κ3) is 16.5. The Balaban J connectivity index is 0.000000628. The first-order chi connectivity index (χ1) is 18.6. The van der Waals surface area contributed by atoms with Crippen LogP contribution in [0, 0.1) is 0 Å². The van der Waals surface area contributed by atoms with Gasteiger partial charge in [-0.2, -0.15) is 0 Å². The quantitative estimate of drug-likeness (QED) is 0.414. The number of rotatable bonds is 7. The minimum absolute atomic E-state index is 0. The minimum Gasteiger partial charge on any atom is -1.00 e. The Morgan fingerprint density at radius 2 is 1.15 bits per heavy atom. The molecule has 2 aromatic rings. The average molecular weight is 692 g/mol. The molecular weight excluding hydrogens is 646 g/mol. The molecule has 1 amide bonds. The van der Waals surface area contributed by atoms with E-state index < -0.39 is 0 Å². The number of hydrogen-bond donors (Lipinski definition) is 0. The fourth-order valence-corrected chi connectivity index (χ4v) is 4.89. The Morgan fingerprint density at radius 1 is 0.700 bits per heavy atom. The zero-order chi connectivity index (χ0) is 26.8. The van der Waals surface area contributed by atoms with Gasteiger partial charge < -0.3 is 20.5 Å². The normalized spacial score (nSPS) is 16.8. The molecule has 6 nitrogen and oxygen atoms in total. The van der Waals surface area contributed by atoms with Crippen LogP contribution >= 0.6 is 31.9 Å². The van der Waals surface area contributed by atoms with Crippen molar-refractivity contribution in [2.24, 2.45) is 0 Å². The van der Waals surface area contributed by atoms with Gasteiger partial charge in [0.05, 0.1) is 26.4 Å². The molecule has 3 saturated heterocycles. The summed E-state index contributed by atoms with van der Waals surface area (Å²) in [5, 5.41) is 0. The molecule has 0 unspecified atom stereocenters. The van der Waals surface area contributed by atoms with E-state index in [1.54, 1.807) is 0 Å². The van der Waals surface area contributed by atoms with E-state index in [9.17, 15) is 4.79 Å². The van der Waals surface area contributed by atoms with Gasteiger partial charge in [-0.15, -0.1) is 0 Å². The molecule has 3 fully saturated rings. The molecule has 218 valence electrons. The molecule has 3 aliphatic rings. The zero-order valence-corrected chi connectivity index (χ0v) is 26.6. The fourth-order valence-electron chi connectivity index (χ4n) is 4.37. The third-order valence-corrected chi connectivity index (χ3v) is 7.75. The number of hydrogen-bond acceptors (Lipinski definition) is 5. The minimum atomic E-state index is 0. The van der Waals surface area contributed by atoms with Crippen LogP contribution in [0.25, 0.3) is 0 Å². The van der Waals surface area contributed by atoms with Gasteiger partial charge in [0.2, 0.25) is 5.91 Å². The number of aryl methyl sites for hydroxylation is 2. The van der Waals surface area contributed by atoms with Crippen LogP contribution < -0.4 is 18.9 Å². The summed E-state index contributed by atoms with van der Waals surface area (Å²) in [5.41, 5.74) is 2.63. The second kappa shape index (κ2) is 23.3. The van der Waals surface area contributed by atoms with Gasteiger partial charge in [-0.05, 0) is 74.0 Å². The van der Waals surface area contributed by atoms with Crippen molar-refractivity contribution in [3.63, 3.8) is 0 Å². The summed E-state index contributed by atoms with van der Waals surface area (Å²) < 4.78 is 17.7. The summed E-state index contributed by atoms with van der Waals surface area (Å²) in [6.45, 7) is 10.0. The van der Waals surface area contributed by atoms with Crippen molar-refractivity contribution < 1.29 is 39.3 Å². The van der Waals surface area contributed by atoms with Crippen molar-refractivity contribution in [2.45, 2.75) is 38.5 Å². The van der Waals surface area contributed by atoms with E-state index in [0.717, 1.165) is 68.0 Å². The number of amides is 1. The number of morpholine rings is 2. The smallest absolute Gasteiger partial charge is 1.00 e. The van der Waals surface area contributed by atoms with E-state index in [0.29, 0.717) is 19.6 Å². The van der Waals surface area contributed by atoms with Gasteiger partial charge in [0, 0.05) is 54.8 Å². The molecule has 5 rings (SSSR count). The molecule has 40 heavy (non-hydrogen) atoms. The van der Waals surface area contributed by atoms with Crippen LogP contribution in [0.15, 0.2) is 57.5 Å². The molecule has 0 aliphatic carbocycles. The Hall–Kier alpha value is -0.160. The number of carbonyl (C=O) groups excluding carboxylic acids is 1. The van der Waals surface area contributed by atoms with Crippen molar-refractivity contribution in [3.05, 3.63) is 68.6 Å². The van der Waals surface area contributed by atoms with E-state index in [1.807, 2.05) is 17.0 Å². The summed E-state index contributed by atoms with van der Waals surface area (Å²) in [7, 11) is 0. The maximum absolute atomic E-state index is 11.9. The number of ether oxygens (including phenoxy) is 3. The molecule has 0 saturated carbocycles. The summed E-state index contributed by atoms with van der Waals surface area (Å²) in [5.74, 6) is 0.233. The van der Waals surface area contributed by atoms with Crippen LogP contribution in [0.3, 0.4) is 0 Å². The largest absolute Gasteiger partial charge is 1.00 e. The second-order valence-electron chi connectivity index (χ2n) is 9.62. The van der Waals surface area contributed by atoms with Crippen molar-refractivity contribution in [3.8, 4) is 0 Å². The molecule has 3 aliphatic heterocycles. The predicted octanol–water partition coefficient (Wildman–Crippen LogP) is 1.68. The van der Waals surface area contributed by atoms with E-state index in [-0.39, 0.29) is 43.6 Å². The Bertz CT molecular complexity index is 908. The standard InChI is InChI=1S/C13H16BrNO2.C13H18BrNO.C4H8O.Al.Li.4H/c14-12-4-1-11(2-5-12)3-6-13(16)15-7-9-17-10-8-15;14-13-5-3-12(4-6-13)2-1-7-15-8-10-16-11-9-15;1-2-4-5-3-1;;;;;;/h1-2,4-5H,3,6-10H2;3-6H,1-2,7-11H2;1-4H2;;;;;;/q;;;;+1;;;;-1. The summed E-state index contributed by atoms with van der Waals surface area (Å²) >= 11 is 6.85. The summed E-state index contributed by atoms with van der Waals surface area (Å²) in [4.78, 5) is 16.3. The number of benzene rings is 2. The molecular formula is C30H46AlBr2LiN2O4. The Kier molecular flexibility index (Phi) is 22.1. The molecule has 2 aromatic carbocycles. The first-order valence-corrected chi connectivity index (χ1v) is 15.4. The van der Waals surface area contributed by atoms with Crippen LogP contribution in [-0.4, -0.2) is 105 Å². The van der Waals surface area contributed by atoms with Crippen molar-refractivity contribution in [1.82, 2.24) is 9.80 Å². The maximum atomic E-state index is 11.9. The first-order valence-electron chi connectivity index (χ1n) is 13.8. The number of carbonyl (C=O) groups is 1. The van der Waals surface area contributed by atoms with Crippen molar-refractivity contribution in [2.75, 3.05) is 72.4 Å². The second-order valence-corrected chi connectivity index (χ2v) is 11.5. The maximum Gasteiger partial charge on any atom is 1.00 e. The number of nitrogens with zero attached hydrogens (tertiary/aromatic N) is 2. The number of halogens is 2. The first kappa shape index (κ1) is 37.9. The van der Waals surface area contributed by atoms with E-state index in [4.69, 9.17) is 14.2 Å². The molecule has 0 radical (unpaired) electrons. The van der Waals surface area contributed by atoms with Crippen molar-refractivity contribution in [1.29, 1.82) is 0 Å². The molecule has 0 spiro atoms. The van der Waals surface area contributed by atoms with E-state index in [2.05, 4.69) is 73.2 Å². The SMILES string of the molecule is Brc1ccc(CCCN2CCOCC2)cc1.C1CCOC1.O=C(CCc1ccc(Br)cc1)N1CCOCC1.[AlH3].[H-].[Li+]. The molecule has 0 atom stereocenters. The molecule has 0 N–H and O–H groups in total. The summed E-state index contributed by atoms with van der Waals surface area (Å²) in [6.07, 6.45) is 6.36. The van der Waals surface area contributed by atoms with Gasteiger partial charge in [-0.3, -0.25) is 9.69 Å². The molecule has 3 heterocycles. The van der Waals surface area contributed by atoms with Gasteiger partial charge in [0.1, 0.15) is 0 Å². The summed E-state index contributed by atoms with van der Waals surface area (Å²) in [6, 6.07) is 16.7. The van der Waals surface area contributed by atoms with Gasteiger partial charge >= 0.3 is 18.9 Å². The van der Waals surface area contributed by atoms with Crippen LogP contribution in [0.1, 0.15) is 38.2 Å². The third-order valence-electron chi connectivity index (χ3n) is 6.69. The average Bonchev–Trinajstić information content (AvgIpc) is 3.56. The molecule has 0 aromatic heterocycles. The van der Waals surface area contributed by atoms with Gasteiger partial charge in [0.15, 0.2) is 17.4 Å². The Labute approximate surface area is 281 Å². The van der Waals surface area contributed by atoms with Crippen LogP contribution in [0.2, 0.25) is 0 Å². The van der Waals surface area contributed by atoms with Crippen LogP contribution in [-0.2, 0) is 31.8 Å². The van der Waals surface area contributed by atoms with Crippen LogP contribution in [0.5, 0.6) is 0 Å².